The van der Waals surface area contributed by atoms with Crippen LogP contribution in [0, 0.1) is 13.1 Å². The molecule has 6 heavy (non-hydrogen) atoms. The van der Waals surface area contributed by atoms with E-state index in [1.807, 2.05) is 0 Å². The van der Waals surface area contributed by atoms with Gasteiger partial charge in [-0.15, -0.1) is 0 Å². The maximum Gasteiger partial charge on any atom is 0.0955 e. The van der Waals surface area contributed by atoms with Gasteiger partial charge in [0.15, 0.2) is 0 Å². The molecule has 2 nitrogen and oxygen atoms in total. The van der Waals surface area contributed by atoms with E-state index in [2.05, 4.69) is 6.92 Å². The fraction of sp³-hybridized carbons (Fsp3) is 0.500. The Kier molecular flexibility index (Phi) is 3.08. The third-order valence-corrected chi connectivity index (χ3v) is 0.465. The lowest BCUT2D eigenvalue weighted by Crippen LogP contribution is -2.19. The van der Waals surface area contributed by atoms with Gasteiger partial charge in [0, 0.05) is 0 Å². The summed E-state index contributed by atoms with van der Waals surface area (Å²) < 4.78 is 0. The molecule has 4 N–H and O–H groups in total. The first kappa shape index (κ1) is 5.92. The van der Waals surface area contributed by atoms with Crippen LogP contribution in [0.5, 0.6) is 0 Å². The molecule has 2 heteroatoms. The van der Waals surface area contributed by atoms with Crippen molar-refractivity contribution in [2.24, 2.45) is 11.5 Å². The average Bonchev–Trinajstić information content (AvgIpc) is 1.35. The Bertz CT molecular complexity index is 26.7. The summed E-state index contributed by atoms with van der Waals surface area (Å²) in [6, 6.07) is 0. The molecule has 0 aliphatic heterocycles. The van der Waals surface area contributed by atoms with Gasteiger partial charge < -0.3 is 11.5 Å². The monoisotopic (exact) mass is 86.1 g/mol. The second-order valence-corrected chi connectivity index (χ2v) is 1.18. The van der Waals surface area contributed by atoms with Crippen molar-refractivity contribution in [1.82, 2.24) is 0 Å². The van der Waals surface area contributed by atoms with Gasteiger partial charge in [-0.25, -0.2) is 0 Å². The molecule has 0 bridgehead atoms. The fourth-order valence-electron chi connectivity index (χ4n) is 0.204. The molecule has 0 unspecified atom stereocenters. The van der Waals surface area contributed by atoms with E-state index in [0.29, 0.717) is 6.17 Å². The van der Waals surface area contributed by atoms with Gasteiger partial charge >= 0.3 is 0 Å². The Morgan fingerprint density at radius 2 is 2.00 bits per heavy atom. The van der Waals surface area contributed by atoms with E-state index >= 15 is 0 Å². The fourth-order valence-corrected chi connectivity index (χ4v) is 0.204. The van der Waals surface area contributed by atoms with Crippen molar-refractivity contribution < 1.29 is 0 Å². The van der Waals surface area contributed by atoms with E-state index in [0.717, 1.165) is 12.8 Å². The van der Waals surface area contributed by atoms with Gasteiger partial charge in [-0.1, -0.05) is 13.3 Å². The molecule has 0 amide bonds. The van der Waals surface area contributed by atoms with Gasteiger partial charge in [0.1, 0.15) is 0 Å². The minimum absolute atomic E-state index is 0.477. The van der Waals surface area contributed by atoms with Crippen molar-refractivity contribution >= 4 is 0 Å². The van der Waals surface area contributed by atoms with Gasteiger partial charge in [-0.05, 0) is 6.42 Å². The molecule has 0 aromatic carbocycles. The zero-order valence-corrected chi connectivity index (χ0v) is 3.78. The molecule has 36 valence electrons. The van der Waals surface area contributed by atoms with Crippen LogP contribution in [0.4, 0.5) is 0 Å². The highest BCUT2D eigenvalue weighted by Crippen LogP contribution is 1.89. The average molecular weight is 86.1 g/mol. The van der Waals surface area contributed by atoms with Crippen LogP contribution in [-0.4, -0.2) is 0 Å². The van der Waals surface area contributed by atoms with E-state index < -0.39 is 0 Å². The zero-order chi connectivity index (χ0) is 4.99. The van der Waals surface area contributed by atoms with Crippen LogP contribution in [0.3, 0.4) is 0 Å². The molecule has 0 aliphatic rings. The highest BCUT2D eigenvalue weighted by atomic mass is 14.8. The van der Waals surface area contributed by atoms with E-state index in [9.17, 15) is 0 Å². The van der Waals surface area contributed by atoms with Crippen LogP contribution in [0.2, 0.25) is 0 Å². The minimum Gasteiger partial charge on any atom is -0.311 e. The van der Waals surface area contributed by atoms with Crippen molar-refractivity contribution in [1.29, 1.82) is 0 Å². The van der Waals surface area contributed by atoms with Gasteiger partial charge in [-0.2, -0.15) is 0 Å². The molecule has 0 heterocycles. The van der Waals surface area contributed by atoms with Crippen LogP contribution in [0.25, 0.3) is 0 Å². The first-order chi connectivity index (χ1) is 2.77. The number of nitrogens with two attached hydrogens (primary N) is 2. The Morgan fingerprint density at radius 3 is 2.00 bits per heavy atom. The Morgan fingerprint density at radius 1 is 1.50 bits per heavy atom. The molecule has 0 aromatic heterocycles. The molecule has 0 fully saturated rings. The highest BCUT2D eigenvalue weighted by molar-refractivity contribution is 4.71. The standard InChI is InChI=1S/C4H10N2/c1-2-3-4(5)6/h1-3,5-6H2. The summed E-state index contributed by atoms with van der Waals surface area (Å²) >= 11 is 0. The van der Waals surface area contributed by atoms with Crippen molar-refractivity contribution in [3.63, 3.8) is 0 Å². The molecule has 0 saturated carbocycles. The molecule has 0 spiro atoms. The van der Waals surface area contributed by atoms with Gasteiger partial charge in [0.2, 0.25) is 0 Å². The smallest absolute Gasteiger partial charge is 0.0955 e. The molecule has 0 atom stereocenters. The first-order valence-corrected chi connectivity index (χ1v) is 1.93. The number of hydrogen-bond donors (Lipinski definition) is 2. The normalized spacial score (nSPS) is 10.0. The second kappa shape index (κ2) is 3.12. The van der Waals surface area contributed by atoms with Gasteiger partial charge in [-0.3, -0.25) is 0 Å². The van der Waals surface area contributed by atoms with Crippen LogP contribution in [0.15, 0.2) is 0 Å². The summed E-state index contributed by atoms with van der Waals surface area (Å²) in [7, 11) is 0. The quantitative estimate of drug-likeness (QED) is 0.497. The Hall–Kier alpha value is -0.0800. The molecule has 0 saturated heterocycles. The van der Waals surface area contributed by atoms with Crippen molar-refractivity contribution in [3.05, 3.63) is 13.1 Å². The van der Waals surface area contributed by atoms with Gasteiger partial charge in [0.25, 0.3) is 0 Å². The summed E-state index contributed by atoms with van der Waals surface area (Å²) in [5.41, 5.74) is 10.1. The largest absolute Gasteiger partial charge is 0.311 e. The predicted molar refractivity (Wildman–Crippen MR) is 26.2 cm³/mol. The Labute approximate surface area is 38.5 Å². The molecule has 0 aliphatic carbocycles. The molecule has 0 aromatic rings. The Balaban J connectivity index is 2.63. The SMILES string of the molecule is [CH2]CC[C](N)N. The van der Waals surface area contributed by atoms with E-state index in [4.69, 9.17) is 11.5 Å². The molecule has 2 radical (unpaired) electrons. The predicted octanol–water partition coefficient (Wildman–Crippen LogP) is 0.00758. The number of rotatable bonds is 2. The zero-order valence-electron chi connectivity index (χ0n) is 3.78. The van der Waals surface area contributed by atoms with E-state index in [1.54, 1.807) is 0 Å². The summed E-state index contributed by atoms with van der Waals surface area (Å²) in [5, 5.41) is 0. The third kappa shape index (κ3) is 3.92. The molecular formula is C4H10N2. The van der Waals surface area contributed by atoms with Crippen LogP contribution in [0.1, 0.15) is 12.8 Å². The molecular weight excluding hydrogens is 76.1 g/mol. The number of hydrogen-bond acceptors (Lipinski definition) is 2. The van der Waals surface area contributed by atoms with Crippen molar-refractivity contribution in [2.75, 3.05) is 0 Å². The molecule has 0 rings (SSSR count). The van der Waals surface area contributed by atoms with Gasteiger partial charge in [0.05, 0.1) is 6.17 Å². The first-order valence-electron chi connectivity index (χ1n) is 1.93. The van der Waals surface area contributed by atoms with Crippen LogP contribution in [-0.2, 0) is 0 Å². The van der Waals surface area contributed by atoms with E-state index in [-0.39, 0.29) is 0 Å². The lowest BCUT2D eigenvalue weighted by molar-refractivity contribution is 0.801. The topological polar surface area (TPSA) is 52.0 Å². The maximum absolute atomic E-state index is 5.06. The van der Waals surface area contributed by atoms with Crippen LogP contribution < -0.4 is 11.5 Å². The highest BCUT2D eigenvalue weighted by Gasteiger charge is 1.87. The van der Waals surface area contributed by atoms with Crippen molar-refractivity contribution in [3.8, 4) is 0 Å². The lowest BCUT2D eigenvalue weighted by atomic mass is 10.3. The van der Waals surface area contributed by atoms with Crippen LogP contribution >= 0.6 is 0 Å². The lowest BCUT2D eigenvalue weighted by Gasteiger charge is -1.95. The van der Waals surface area contributed by atoms with E-state index in [1.165, 1.54) is 0 Å². The summed E-state index contributed by atoms with van der Waals surface area (Å²) in [5.74, 6) is 0. The summed E-state index contributed by atoms with van der Waals surface area (Å²) in [6.07, 6.45) is 2.01. The second-order valence-electron chi connectivity index (χ2n) is 1.18. The van der Waals surface area contributed by atoms with Crippen molar-refractivity contribution in [2.45, 2.75) is 12.8 Å². The summed E-state index contributed by atoms with van der Waals surface area (Å²) in [4.78, 5) is 0. The maximum atomic E-state index is 5.06. The summed E-state index contributed by atoms with van der Waals surface area (Å²) in [6.45, 7) is 3.54. The third-order valence-electron chi connectivity index (χ3n) is 0.465. The minimum atomic E-state index is 0.477.